The molecule has 1 heterocycles. The summed E-state index contributed by atoms with van der Waals surface area (Å²) in [5, 5.41) is 44.7. The molecule has 5 atom stereocenters. The van der Waals surface area contributed by atoms with Crippen molar-refractivity contribution in [2.45, 2.75) is 30.7 Å². The summed E-state index contributed by atoms with van der Waals surface area (Å²) in [6, 6.07) is 0. The summed E-state index contributed by atoms with van der Waals surface area (Å²) in [6.45, 7) is -0.526. The van der Waals surface area contributed by atoms with Crippen LogP contribution in [0.25, 0.3) is 0 Å². The Balaban J connectivity index is -0.000000141. The number of hydrogen-bond donors (Lipinski definition) is 5. The first-order valence-electron chi connectivity index (χ1n) is 4.29. The van der Waals surface area contributed by atoms with Gasteiger partial charge in [-0.3, -0.25) is 0 Å². The van der Waals surface area contributed by atoms with Gasteiger partial charge >= 0.3 is 88.7 Å². The molecule has 0 unspecified atom stereocenters. The smallest absolute Gasteiger partial charge is 0.822 e. The number of aliphatic hydroxyl groups is 5. The van der Waals surface area contributed by atoms with Crippen molar-refractivity contribution in [1.29, 1.82) is 0 Å². The fourth-order valence-corrected chi connectivity index (χ4v) is 1.08. The number of hydrogen-bond acceptors (Lipinski definition) is 10. The summed E-state index contributed by atoms with van der Waals surface area (Å²) in [4.78, 5) is 25.6. The van der Waals surface area contributed by atoms with Gasteiger partial charge in [0.15, 0.2) is 6.29 Å². The Morgan fingerprint density at radius 3 is 1.55 bits per heavy atom. The maximum atomic E-state index is 9.12. The van der Waals surface area contributed by atoms with Crippen LogP contribution in [-0.4, -0.2) is 62.8 Å². The molecule has 0 aromatic rings. The number of rotatable bonds is 1. The minimum absolute atomic E-state index is 0. The Hall–Kier alpha value is 2.87. The molecule has 0 radical (unpaired) electrons. The van der Waals surface area contributed by atoms with Gasteiger partial charge in [0.2, 0.25) is 0 Å². The molecule has 10 nitrogen and oxygen atoms in total. The van der Waals surface area contributed by atoms with E-state index in [0.29, 0.717) is 0 Å². The summed E-state index contributed by atoms with van der Waals surface area (Å²) in [5.74, 6) is 0. The van der Waals surface area contributed by atoms with E-state index in [1.807, 2.05) is 0 Å². The topological polar surface area (TPSA) is 197 Å². The summed E-state index contributed by atoms with van der Waals surface area (Å²) < 4.78 is 13.1. The van der Waals surface area contributed by atoms with Gasteiger partial charge in [0, 0.05) is 0 Å². The van der Waals surface area contributed by atoms with Gasteiger partial charge in [-0.05, 0) is 0 Å². The molecule has 104 valence electrons. The molecule has 0 spiro atoms. The van der Waals surface area contributed by atoms with Gasteiger partial charge in [0.05, 0.1) is 6.61 Å². The number of aliphatic hydroxyl groups excluding tert-OH is 5. The molecular weight excluding hydrogens is 332 g/mol. The Labute approximate surface area is 181 Å². The van der Waals surface area contributed by atoms with Crippen LogP contribution in [-0.2, 0) is 9.30 Å². The molecule has 14 heteroatoms. The van der Waals surface area contributed by atoms with E-state index in [1.54, 1.807) is 0 Å². The molecule has 0 aliphatic carbocycles. The quantitative estimate of drug-likeness (QED) is 0.225. The first kappa shape index (κ1) is 30.7. The van der Waals surface area contributed by atoms with Crippen molar-refractivity contribution in [2.75, 3.05) is 6.61 Å². The maximum absolute atomic E-state index is 9.12. The van der Waals surface area contributed by atoms with E-state index >= 15 is 0 Å². The molecule has 0 amide bonds. The van der Waals surface area contributed by atoms with E-state index < -0.39 is 45.1 Å². The number of ether oxygens (including phenoxy) is 1. The minimum Gasteiger partial charge on any atom is -0.822 e. The van der Waals surface area contributed by atoms with Crippen molar-refractivity contribution in [3.8, 4) is 0 Å². The predicted octanol–water partition coefficient (Wildman–Crippen LogP) is -15.0. The average Bonchev–Trinajstić information content (AvgIpc) is 2.18. The molecule has 1 saturated heterocycles. The zero-order chi connectivity index (χ0) is 13.8. The van der Waals surface area contributed by atoms with Crippen LogP contribution in [0, 0.1) is 0 Å². The van der Waals surface area contributed by atoms with Crippen molar-refractivity contribution >= 4 is 7.82 Å². The van der Waals surface area contributed by atoms with Gasteiger partial charge in [-0.15, -0.1) is 0 Å². The standard InChI is InChI=1S/C6H12O6.3Na.H3O4P/c7-1-2-3(8)4(9)5(10)6(11)12-2;;;;1-5(2,3)4/h2-11H,1H2;;;;(H3,1,2,3,4)/q;3*+1;/p-3/t2-,3-,4+,5-,6+;;;;/m1..../s1. The zero-order valence-electron chi connectivity index (χ0n) is 11.3. The molecule has 1 aliphatic rings. The van der Waals surface area contributed by atoms with Gasteiger partial charge in [-0.1, -0.05) is 0 Å². The van der Waals surface area contributed by atoms with Crippen molar-refractivity contribution in [2.24, 2.45) is 0 Å². The second kappa shape index (κ2) is 14.2. The molecule has 0 aromatic carbocycles. The van der Waals surface area contributed by atoms with Crippen LogP contribution < -0.4 is 103 Å². The zero-order valence-corrected chi connectivity index (χ0v) is 18.2. The SMILES string of the molecule is O=P([O-])([O-])[O-].OC[C@H]1O[C@H](O)[C@H](O)[C@@H](O)[C@@H]1O.[Na+].[Na+].[Na+]. The summed E-state index contributed by atoms with van der Waals surface area (Å²) in [7, 11) is -5.39. The molecule has 20 heavy (non-hydrogen) atoms. The first-order valence-corrected chi connectivity index (χ1v) is 5.75. The Morgan fingerprint density at radius 1 is 0.900 bits per heavy atom. The fourth-order valence-electron chi connectivity index (χ4n) is 1.08. The van der Waals surface area contributed by atoms with E-state index in [4.69, 9.17) is 44.8 Å². The first-order chi connectivity index (χ1) is 7.57. The van der Waals surface area contributed by atoms with Gasteiger partial charge < -0.3 is 49.5 Å². The molecule has 0 aromatic heterocycles. The van der Waals surface area contributed by atoms with Crippen LogP contribution in [0.2, 0.25) is 0 Å². The average molecular weight is 344 g/mol. The van der Waals surface area contributed by atoms with Gasteiger partial charge in [-0.2, -0.15) is 7.82 Å². The van der Waals surface area contributed by atoms with E-state index in [0.717, 1.165) is 0 Å². The summed E-state index contributed by atoms with van der Waals surface area (Å²) in [5.41, 5.74) is 0. The van der Waals surface area contributed by atoms with Gasteiger partial charge in [0.25, 0.3) is 0 Å². The Kier molecular flexibility index (Phi) is 21.9. The van der Waals surface area contributed by atoms with Crippen LogP contribution in [0.15, 0.2) is 0 Å². The van der Waals surface area contributed by atoms with Crippen molar-refractivity contribution in [3.63, 3.8) is 0 Å². The van der Waals surface area contributed by atoms with E-state index in [-0.39, 0.29) is 88.7 Å². The van der Waals surface area contributed by atoms with E-state index in [9.17, 15) is 0 Å². The predicted molar refractivity (Wildman–Crippen MR) is 43.6 cm³/mol. The van der Waals surface area contributed by atoms with Crippen LogP contribution in [0.1, 0.15) is 0 Å². The summed E-state index contributed by atoms with van der Waals surface area (Å²) >= 11 is 0. The van der Waals surface area contributed by atoms with Crippen LogP contribution in [0.5, 0.6) is 0 Å². The molecule has 5 N–H and O–H groups in total. The third-order valence-corrected chi connectivity index (χ3v) is 1.87. The summed E-state index contributed by atoms with van der Waals surface area (Å²) in [6.07, 6.45) is -7.04. The molecular formula is C6H12Na3O10P. The van der Waals surface area contributed by atoms with E-state index in [2.05, 4.69) is 4.74 Å². The fraction of sp³-hybridized carbons (Fsp3) is 1.00. The third kappa shape index (κ3) is 13.3. The molecule has 0 saturated carbocycles. The maximum Gasteiger partial charge on any atom is 1.00 e. The van der Waals surface area contributed by atoms with Crippen molar-refractivity contribution in [1.82, 2.24) is 0 Å². The Morgan fingerprint density at radius 2 is 1.25 bits per heavy atom. The van der Waals surface area contributed by atoms with E-state index in [1.165, 1.54) is 0 Å². The second-order valence-electron chi connectivity index (χ2n) is 3.17. The molecule has 1 aliphatic heterocycles. The largest absolute Gasteiger partial charge is 1.00 e. The van der Waals surface area contributed by atoms with Crippen LogP contribution >= 0.6 is 7.82 Å². The monoisotopic (exact) mass is 344 g/mol. The second-order valence-corrected chi connectivity index (χ2v) is 4.06. The number of phosphoric acid groups is 1. The van der Waals surface area contributed by atoms with Crippen molar-refractivity contribution < 1.29 is 138 Å². The van der Waals surface area contributed by atoms with Gasteiger partial charge in [-0.25, -0.2) is 0 Å². The normalized spacial score (nSPS) is 32.5. The van der Waals surface area contributed by atoms with Gasteiger partial charge in [0.1, 0.15) is 24.4 Å². The Bertz CT molecular complexity index is 265. The molecule has 0 bridgehead atoms. The third-order valence-electron chi connectivity index (χ3n) is 1.87. The molecule has 1 fully saturated rings. The van der Waals surface area contributed by atoms with Crippen molar-refractivity contribution in [3.05, 3.63) is 0 Å². The van der Waals surface area contributed by atoms with Crippen LogP contribution in [0.3, 0.4) is 0 Å². The molecule has 1 rings (SSSR count). The minimum atomic E-state index is -5.39. The van der Waals surface area contributed by atoms with Crippen LogP contribution in [0.4, 0.5) is 0 Å².